The molecule has 380 valence electrons. The molecule has 0 spiro atoms. The number of aromatic nitrogens is 3. The SMILES string of the molecule is C=NN.CC(CCC=O)n1c(=O)n(C)c2cc(C#CCN3CCC(CN4CCC(CN5CCC(Oc6cccc(-c7onc8ccc(CN)cc78)c6)CC5)CC4)CC3)ccc21.CCCC.CN(F)C=O. The molecule has 0 bridgehead atoms. The fraction of sp³-hybridized carbons (Fsp3) is 0.537. The van der Waals surface area contributed by atoms with Gasteiger partial charge in [0.15, 0.2) is 5.76 Å². The molecule has 3 aliphatic heterocycles. The topological polar surface area (TPSA) is 174 Å². The number of imidazole rings is 1. The Balaban J connectivity index is 0.000000685. The Morgan fingerprint density at radius 1 is 0.914 bits per heavy atom. The third-order valence-electron chi connectivity index (χ3n) is 13.6. The van der Waals surface area contributed by atoms with Crippen LogP contribution in [-0.4, -0.2) is 126 Å². The highest BCUT2D eigenvalue weighted by molar-refractivity contribution is 5.92. The largest absolute Gasteiger partial charge is 0.490 e. The molecule has 5 aromatic rings. The number of carbonyl (C=O) groups is 2. The highest BCUT2D eigenvalue weighted by Crippen LogP contribution is 2.33. The van der Waals surface area contributed by atoms with Gasteiger partial charge in [0, 0.05) is 77.1 Å². The minimum absolute atomic E-state index is 0.0350. The summed E-state index contributed by atoms with van der Waals surface area (Å²) in [4.78, 5) is 40.8. The fourth-order valence-corrected chi connectivity index (χ4v) is 9.40. The number of hydrogen-bond donors (Lipinski definition) is 2. The number of fused-ring (bicyclic) bond motifs is 2. The van der Waals surface area contributed by atoms with Crippen LogP contribution < -0.4 is 22.0 Å². The first kappa shape index (κ1) is 55.1. The smallest absolute Gasteiger partial charge is 0.329 e. The molecular formula is C54H77FN10O5. The second-order valence-corrected chi connectivity index (χ2v) is 18.8. The Hall–Kier alpha value is -5.86. The maximum atomic E-state index is 13.0. The standard InChI is InChI=1S/C47H59N7O4.C4H10.C2H4FNO.CH4N2/c1-34(6-5-27-55)54-44-13-11-35(29-45(44)50(2)47(54)56)7-4-20-51-21-14-36(15-22-51)32-52-23-16-37(17-24-52)33-53-25-18-40(19-26-53)57-41-9-3-8-39(30-41)46-42-28-38(31-48)10-12-43(42)49-58-46;1-3-4-2;1-4(3)2-5;1-3-2/h3,8-13,27-30,34,36-37,40H,5-6,14-26,31-33,48H2,1-2H3;3-4H2,1-2H3;2H,1H3;1-2H2. The highest BCUT2D eigenvalue weighted by Gasteiger charge is 2.28. The molecule has 0 radical (unpaired) electrons. The van der Waals surface area contributed by atoms with E-state index in [9.17, 15) is 14.1 Å². The van der Waals surface area contributed by atoms with E-state index in [4.69, 9.17) is 19.8 Å². The average Bonchev–Trinajstić information content (AvgIpc) is 3.92. The molecule has 15 nitrogen and oxygen atoms in total. The number of piperidine rings is 3. The molecule has 5 heterocycles. The number of benzene rings is 3. The zero-order valence-electron chi connectivity index (χ0n) is 42.2. The summed E-state index contributed by atoms with van der Waals surface area (Å²) < 4.78 is 26.7. The van der Waals surface area contributed by atoms with Crippen molar-refractivity contribution in [2.24, 2.45) is 35.6 Å². The Morgan fingerprint density at radius 2 is 1.53 bits per heavy atom. The van der Waals surface area contributed by atoms with E-state index in [0.29, 0.717) is 19.4 Å². The van der Waals surface area contributed by atoms with Gasteiger partial charge in [-0.05, 0) is 138 Å². The molecule has 3 aliphatic rings. The minimum Gasteiger partial charge on any atom is -0.490 e. The van der Waals surface area contributed by atoms with Crippen molar-refractivity contribution in [3.63, 3.8) is 0 Å². The summed E-state index contributed by atoms with van der Waals surface area (Å²) in [5.74, 6) is 14.3. The highest BCUT2D eigenvalue weighted by atomic mass is 19.2. The van der Waals surface area contributed by atoms with Gasteiger partial charge >= 0.3 is 5.69 Å². The third-order valence-corrected chi connectivity index (χ3v) is 13.6. The van der Waals surface area contributed by atoms with Crippen LogP contribution in [0.4, 0.5) is 4.48 Å². The van der Waals surface area contributed by atoms with E-state index in [1.54, 1.807) is 9.13 Å². The van der Waals surface area contributed by atoms with Gasteiger partial charge in [-0.25, -0.2) is 4.79 Å². The number of ether oxygens (including phenoxy) is 1. The first-order valence-corrected chi connectivity index (χ1v) is 25.1. The van der Waals surface area contributed by atoms with Gasteiger partial charge in [0.25, 0.3) is 0 Å². The molecule has 70 heavy (non-hydrogen) atoms. The van der Waals surface area contributed by atoms with Crippen molar-refractivity contribution < 1.29 is 23.3 Å². The molecule has 3 fully saturated rings. The molecule has 3 saturated heterocycles. The van der Waals surface area contributed by atoms with Crippen molar-refractivity contribution in [3.8, 4) is 28.9 Å². The van der Waals surface area contributed by atoms with Gasteiger partial charge in [0.2, 0.25) is 6.41 Å². The molecule has 1 atom stereocenters. The van der Waals surface area contributed by atoms with Gasteiger partial charge in [-0.15, -0.1) is 0 Å². The molecule has 4 N–H and O–H groups in total. The van der Waals surface area contributed by atoms with Crippen molar-refractivity contribution in [2.75, 3.05) is 66.0 Å². The van der Waals surface area contributed by atoms with Crippen LogP contribution in [0.15, 0.2) is 75.1 Å². The van der Waals surface area contributed by atoms with Gasteiger partial charge in [-0.1, -0.05) is 66.4 Å². The van der Waals surface area contributed by atoms with E-state index in [1.807, 2.05) is 56.4 Å². The van der Waals surface area contributed by atoms with Crippen molar-refractivity contribution in [2.45, 2.75) is 104 Å². The molecule has 1 unspecified atom stereocenters. The molecule has 3 aromatic carbocycles. The summed E-state index contributed by atoms with van der Waals surface area (Å²) in [6.07, 6.45) is 12.1. The number of carbonyl (C=O) groups excluding carboxylic acids is 2. The number of nitrogens with two attached hydrogens (primary N) is 2. The number of hydrazone groups is 1. The predicted molar refractivity (Wildman–Crippen MR) is 279 cm³/mol. The minimum atomic E-state index is -0.0556. The number of hydrogen-bond acceptors (Lipinski definition) is 12. The van der Waals surface area contributed by atoms with Gasteiger partial charge in [-0.3, -0.25) is 18.8 Å². The lowest BCUT2D eigenvalue weighted by atomic mass is 9.92. The quantitative estimate of drug-likeness (QED) is 0.0262. The van der Waals surface area contributed by atoms with Crippen molar-refractivity contribution in [1.82, 2.24) is 34.1 Å². The normalized spacial score (nSPS) is 16.6. The number of amides is 1. The predicted octanol–water partition coefficient (Wildman–Crippen LogP) is 7.79. The monoisotopic (exact) mass is 965 g/mol. The number of aldehydes is 1. The van der Waals surface area contributed by atoms with Crippen molar-refractivity contribution in [1.29, 1.82) is 0 Å². The van der Waals surface area contributed by atoms with E-state index >= 15 is 0 Å². The van der Waals surface area contributed by atoms with Crippen LogP contribution in [0.25, 0.3) is 33.3 Å². The second kappa shape index (κ2) is 28.7. The van der Waals surface area contributed by atoms with E-state index in [-0.39, 0.29) is 29.4 Å². The summed E-state index contributed by atoms with van der Waals surface area (Å²) in [6, 6.07) is 20.2. The number of nitrogens with zero attached hydrogens (tertiary/aromatic N) is 8. The average molecular weight is 965 g/mol. The summed E-state index contributed by atoms with van der Waals surface area (Å²) >= 11 is 0. The van der Waals surface area contributed by atoms with Crippen molar-refractivity contribution >= 4 is 41.4 Å². The number of likely N-dealkylation sites (tertiary alicyclic amines) is 3. The van der Waals surface area contributed by atoms with E-state index in [1.165, 1.54) is 64.7 Å². The fourth-order valence-electron chi connectivity index (χ4n) is 9.40. The summed E-state index contributed by atoms with van der Waals surface area (Å²) in [6.45, 7) is 19.8. The van der Waals surface area contributed by atoms with Crippen molar-refractivity contribution in [3.05, 3.63) is 82.3 Å². The van der Waals surface area contributed by atoms with Crippen LogP contribution in [0.2, 0.25) is 0 Å². The summed E-state index contributed by atoms with van der Waals surface area (Å²) in [5, 5.41) is 7.93. The number of aryl methyl sites for hydroxylation is 1. The maximum absolute atomic E-state index is 13.0. The van der Waals surface area contributed by atoms with Crippen LogP contribution in [-0.2, 0) is 23.2 Å². The molecule has 16 heteroatoms. The first-order valence-electron chi connectivity index (χ1n) is 25.1. The van der Waals surface area contributed by atoms with Gasteiger partial charge in [0.05, 0.1) is 23.0 Å². The maximum Gasteiger partial charge on any atom is 0.329 e. The summed E-state index contributed by atoms with van der Waals surface area (Å²) in [5.41, 5.74) is 11.4. The molecule has 1 amide bonds. The molecule has 8 rings (SSSR count). The Morgan fingerprint density at radius 3 is 2.11 bits per heavy atom. The van der Waals surface area contributed by atoms with Crippen LogP contribution in [0.3, 0.4) is 0 Å². The Labute approximate surface area is 413 Å². The molecular weight excluding hydrogens is 888 g/mol. The molecule has 2 aromatic heterocycles. The Bertz CT molecular complexity index is 2500. The van der Waals surface area contributed by atoms with Gasteiger partial charge in [-0.2, -0.15) is 10.2 Å². The van der Waals surface area contributed by atoms with E-state index in [2.05, 4.69) is 81.4 Å². The zero-order chi connectivity index (χ0) is 50.4. The lowest BCUT2D eigenvalue weighted by molar-refractivity contribution is -0.128. The third kappa shape index (κ3) is 16.1. The van der Waals surface area contributed by atoms with E-state index < -0.39 is 0 Å². The van der Waals surface area contributed by atoms with Crippen LogP contribution >= 0.6 is 0 Å². The lowest BCUT2D eigenvalue weighted by Gasteiger charge is -2.39. The van der Waals surface area contributed by atoms with Crippen LogP contribution in [0.1, 0.15) is 102 Å². The number of rotatable bonds is 15. The molecule has 0 saturated carbocycles. The van der Waals surface area contributed by atoms with Gasteiger partial charge in [0.1, 0.15) is 23.7 Å². The van der Waals surface area contributed by atoms with E-state index in [0.717, 1.165) is 121 Å². The number of halogens is 1. The zero-order valence-corrected chi connectivity index (χ0v) is 42.2. The first-order chi connectivity index (χ1) is 33.9. The van der Waals surface area contributed by atoms with Crippen LogP contribution in [0, 0.1) is 23.7 Å². The molecule has 0 aliphatic carbocycles. The number of unbranched alkanes of at least 4 members (excludes halogenated alkanes) is 1. The Kier molecular flexibility index (Phi) is 22.6. The second-order valence-electron chi connectivity index (χ2n) is 18.8. The lowest BCUT2D eigenvalue weighted by Crippen LogP contribution is -2.45. The summed E-state index contributed by atoms with van der Waals surface area (Å²) in [7, 11) is 2.83. The van der Waals surface area contributed by atoms with Crippen LogP contribution in [0.5, 0.6) is 5.75 Å². The van der Waals surface area contributed by atoms with Gasteiger partial charge < -0.3 is 35.4 Å².